The van der Waals surface area contributed by atoms with E-state index < -0.39 is 0 Å². The number of piperidine rings is 1. The molecule has 0 aromatic heterocycles. The van der Waals surface area contributed by atoms with E-state index >= 15 is 0 Å². The van der Waals surface area contributed by atoms with Gasteiger partial charge in [0.1, 0.15) is 0 Å². The first-order valence-electron chi connectivity index (χ1n) is 6.49. The predicted molar refractivity (Wildman–Crippen MR) is 81.1 cm³/mol. The molecule has 0 amide bonds. The van der Waals surface area contributed by atoms with Crippen LogP contribution in [0.2, 0.25) is 0 Å². The van der Waals surface area contributed by atoms with Gasteiger partial charge in [-0.1, -0.05) is 28.1 Å². The number of benzene rings is 1. The van der Waals surface area contributed by atoms with Crippen LogP contribution in [0.15, 0.2) is 28.7 Å². The minimum Gasteiger partial charge on any atom is -0.316 e. The van der Waals surface area contributed by atoms with Crippen LogP contribution in [-0.2, 0) is 6.54 Å². The lowest BCUT2D eigenvalue weighted by molar-refractivity contribution is 0.142. The summed E-state index contributed by atoms with van der Waals surface area (Å²) in [6, 6.07) is 8.68. The van der Waals surface area contributed by atoms with E-state index in [-0.39, 0.29) is 12.4 Å². The van der Waals surface area contributed by atoms with Crippen LogP contribution in [0, 0.1) is 11.8 Å². The number of likely N-dealkylation sites (tertiary alicyclic amines) is 1. The lowest BCUT2D eigenvalue weighted by Gasteiger charge is -2.34. The molecule has 2 atom stereocenters. The summed E-state index contributed by atoms with van der Waals surface area (Å²) in [5.41, 5.74) is 1.42. The summed E-state index contributed by atoms with van der Waals surface area (Å²) in [5.74, 6) is 1.82. The maximum atomic E-state index is 3.54. The van der Waals surface area contributed by atoms with Gasteiger partial charge in [0, 0.05) is 17.6 Å². The molecule has 2 unspecified atom stereocenters. The van der Waals surface area contributed by atoms with Crippen molar-refractivity contribution >= 4 is 28.3 Å². The van der Waals surface area contributed by atoms with Gasteiger partial charge in [0.15, 0.2) is 0 Å². The summed E-state index contributed by atoms with van der Waals surface area (Å²) in [4.78, 5) is 2.61. The Morgan fingerprint density at radius 1 is 1.28 bits per heavy atom. The van der Waals surface area contributed by atoms with Gasteiger partial charge >= 0.3 is 0 Å². The SMILES string of the molecule is Brc1cccc(CN2CCC3CNCC3C2)c1.Cl. The first-order chi connectivity index (χ1) is 8.31. The van der Waals surface area contributed by atoms with Crippen LogP contribution >= 0.6 is 28.3 Å². The largest absolute Gasteiger partial charge is 0.316 e. The van der Waals surface area contributed by atoms with Crippen LogP contribution in [0.1, 0.15) is 12.0 Å². The molecule has 2 aliphatic heterocycles. The smallest absolute Gasteiger partial charge is 0.0234 e. The maximum absolute atomic E-state index is 3.54. The van der Waals surface area contributed by atoms with Crippen LogP contribution in [-0.4, -0.2) is 31.1 Å². The maximum Gasteiger partial charge on any atom is 0.0234 e. The Kier molecular flexibility index (Phi) is 5.07. The van der Waals surface area contributed by atoms with Crippen LogP contribution < -0.4 is 5.32 Å². The van der Waals surface area contributed by atoms with E-state index in [0.717, 1.165) is 18.4 Å². The second-order valence-corrected chi connectivity index (χ2v) is 6.25. The highest BCUT2D eigenvalue weighted by atomic mass is 79.9. The zero-order valence-corrected chi connectivity index (χ0v) is 12.8. The fourth-order valence-electron chi connectivity index (χ4n) is 3.15. The lowest BCUT2D eigenvalue weighted by atomic mass is 9.88. The molecule has 1 aromatic rings. The van der Waals surface area contributed by atoms with Crippen molar-refractivity contribution in [2.75, 3.05) is 26.2 Å². The molecule has 0 saturated carbocycles. The zero-order valence-electron chi connectivity index (χ0n) is 10.4. The standard InChI is InChI=1S/C14H19BrN2.ClH/c15-14-3-1-2-11(6-14)9-17-5-4-12-7-16-8-13(12)10-17;/h1-3,6,12-13,16H,4-5,7-10H2;1H. The van der Waals surface area contributed by atoms with Gasteiger partial charge < -0.3 is 5.32 Å². The molecule has 4 heteroatoms. The van der Waals surface area contributed by atoms with Crippen molar-refractivity contribution in [2.24, 2.45) is 11.8 Å². The normalized spacial score (nSPS) is 27.6. The van der Waals surface area contributed by atoms with Crippen molar-refractivity contribution in [3.05, 3.63) is 34.3 Å². The van der Waals surface area contributed by atoms with Crippen LogP contribution in [0.4, 0.5) is 0 Å². The van der Waals surface area contributed by atoms with Crippen molar-refractivity contribution < 1.29 is 0 Å². The highest BCUT2D eigenvalue weighted by Crippen LogP contribution is 2.27. The Balaban J connectivity index is 0.00000120. The monoisotopic (exact) mass is 330 g/mol. The lowest BCUT2D eigenvalue weighted by Crippen LogP contribution is -2.39. The number of nitrogens with one attached hydrogen (secondary N) is 1. The summed E-state index contributed by atoms with van der Waals surface area (Å²) in [7, 11) is 0. The average Bonchev–Trinajstić information content (AvgIpc) is 2.76. The highest BCUT2D eigenvalue weighted by Gasteiger charge is 2.32. The molecular weight excluding hydrogens is 312 g/mol. The Morgan fingerprint density at radius 3 is 2.94 bits per heavy atom. The third-order valence-electron chi connectivity index (χ3n) is 4.08. The molecule has 2 saturated heterocycles. The minimum atomic E-state index is 0. The van der Waals surface area contributed by atoms with Gasteiger partial charge in [0.2, 0.25) is 0 Å². The Bertz CT molecular complexity index is 399. The molecule has 0 radical (unpaired) electrons. The quantitative estimate of drug-likeness (QED) is 0.896. The van der Waals surface area contributed by atoms with Gasteiger partial charge in [0.05, 0.1) is 0 Å². The Morgan fingerprint density at radius 2 is 2.11 bits per heavy atom. The molecule has 2 aliphatic rings. The molecular formula is C14H20BrClN2. The van der Waals surface area contributed by atoms with Crippen LogP contribution in [0.5, 0.6) is 0 Å². The van der Waals surface area contributed by atoms with E-state index in [4.69, 9.17) is 0 Å². The zero-order chi connectivity index (χ0) is 11.7. The number of fused-ring (bicyclic) bond motifs is 1. The van der Waals surface area contributed by atoms with E-state index in [1.54, 1.807) is 0 Å². The Hall–Kier alpha value is -0.0900. The third-order valence-corrected chi connectivity index (χ3v) is 4.58. The summed E-state index contributed by atoms with van der Waals surface area (Å²) >= 11 is 3.54. The molecule has 0 aliphatic carbocycles. The summed E-state index contributed by atoms with van der Waals surface area (Å²) < 4.78 is 1.19. The molecule has 100 valence electrons. The number of halogens is 2. The van der Waals surface area contributed by atoms with Crippen LogP contribution in [0.25, 0.3) is 0 Å². The fourth-order valence-corrected chi connectivity index (χ4v) is 3.59. The van der Waals surface area contributed by atoms with Gasteiger partial charge in [0.25, 0.3) is 0 Å². The topological polar surface area (TPSA) is 15.3 Å². The van der Waals surface area contributed by atoms with Crippen molar-refractivity contribution in [1.82, 2.24) is 10.2 Å². The molecule has 1 aromatic carbocycles. The van der Waals surface area contributed by atoms with Crippen LogP contribution in [0.3, 0.4) is 0 Å². The first-order valence-corrected chi connectivity index (χ1v) is 7.28. The molecule has 18 heavy (non-hydrogen) atoms. The van der Waals surface area contributed by atoms with E-state index in [1.165, 1.54) is 42.6 Å². The van der Waals surface area contributed by atoms with E-state index in [9.17, 15) is 0 Å². The molecule has 2 nitrogen and oxygen atoms in total. The number of rotatable bonds is 2. The van der Waals surface area contributed by atoms with Crippen molar-refractivity contribution in [3.63, 3.8) is 0 Å². The van der Waals surface area contributed by atoms with Gasteiger partial charge in [-0.3, -0.25) is 4.90 Å². The van der Waals surface area contributed by atoms with Crippen molar-refractivity contribution in [2.45, 2.75) is 13.0 Å². The number of nitrogens with zero attached hydrogens (tertiary/aromatic N) is 1. The van der Waals surface area contributed by atoms with Crippen molar-refractivity contribution in [1.29, 1.82) is 0 Å². The van der Waals surface area contributed by atoms with E-state index in [1.807, 2.05) is 0 Å². The predicted octanol–water partition coefficient (Wildman–Crippen LogP) is 2.91. The van der Waals surface area contributed by atoms with Gasteiger partial charge in [-0.2, -0.15) is 0 Å². The summed E-state index contributed by atoms with van der Waals surface area (Å²) in [6.07, 6.45) is 1.37. The minimum absolute atomic E-state index is 0. The summed E-state index contributed by atoms with van der Waals surface area (Å²) in [5, 5.41) is 3.52. The molecule has 0 spiro atoms. The second-order valence-electron chi connectivity index (χ2n) is 5.33. The van der Waals surface area contributed by atoms with Crippen molar-refractivity contribution in [3.8, 4) is 0 Å². The molecule has 3 rings (SSSR count). The van der Waals surface area contributed by atoms with Gasteiger partial charge in [-0.25, -0.2) is 0 Å². The number of hydrogen-bond acceptors (Lipinski definition) is 2. The first kappa shape index (κ1) is 14.3. The van der Waals surface area contributed by atoms with Gasteiger partial charge in [-0.05, 0) is 55.6 Å². The molecule has 2 fully saturated rings. The van der Waals surface area contributed by atoms with E-state index in [0.29, 0.717) is 0 Å². The highest BCUT2D eigenvalue weighted by molar-refractivity contribution is 9.10. The Labute approximate surface area is 124 Å². The van der Waals surface area contributed by atoms with Gasteiger partial charge in [-0.15, -0.1) is 12.4 Å². The summed E-state index contributed by atoms with van der Waals surface area (Å²) in [6.45, 7) is 6.09. The fraction of sp³-hybridized carbons (Fsp3) is 0.571. The van der Waals surface area contributed by atoms with E-state index in [2.05, 4.69) is 50.4 Å². The second kappa shape index (κ2) is 6.38. The molecule has 1 N–H and O–H groups in total. The third kappa shape index (κ3) is 3.27. The average molecular weight is 332 g/mol. The number of hydrogen-bond donors (Lipinski definition) is 1. The molecule has 2 heterocycles. The molecule has 0 bridgehead atoms.